The average Bonchev–Trinajstić information content (AvgIpc) is 2.12. The summed E-state index contributed by atoms with van der Waals surface area (Å²) in [6, 6.07) is 0. The first kappa shape index (κ1) is 16.8. The molecule has 0 rings (SSSR count). The fourth-order valence-corrected chi connectivity index (χ4v) is 1.82. The number of hydrogen-bond donors (Lipinski definition) is 3. The van der Waals surface area contributed by atoms with E-state index in [1.165, 1.54) is 0 Å². The number of nitrogens with one attached hydrogen (secondary N) is 1. The van der Waals surface area contributed by atoms with Crippen LogP contribution in [0.15, 0.2) is 0 Å². The van der Waals surface area contributed by atoms with Gasteiger partial charge in [0.05, 0.1) is 24.4 Å². The van der Waals surface area contributed by atoms with E-state index in [1.54, 1.807) is 0 Å². The van der Waals surface area contributed by atoms with Crippen molar-refractivity contribution in [3.63, 3.8) is 0 Å². The number of aliphatic hydroxyl groups is 2. The smallest absolute Gasteiger partial charge is 0.0897 e. The Hall–Kier alpha value is -0.160. The molecule has 0 aliphatic rings. The molecule has 0 aromatic carbocycles. The standard InChI is InChI=1S/C13H29NO3/c1-10(2)6-13(5,16)9-14-7-12(15)8-17-11(3)4/h10-12,14-16H,6-9H2,1-5H3. The maximum atomic E-state index is 10.0. The molecule has 0 aromatic rings. The molecule has 0 aliphatic heterocycles. The molecule has 0 radical (unpaired) electrons. The summed E-state index contributed by atoms with van der Waals surface area (Å²) in [7, 11) is 0. The third-order valence-electron chi connectivity index (χ3n) is 2.36. The van der Waals surface area contributed by atoms with Gasteiger partial charge in [0.1, 0.15) is 0 Å². The molecule has 4 nitrogen and oxygen atoms in total. The van der Waals surface area contributed by atoms with Crippen molar-refractivity contribution >= 4 is 0 Å². The van der Waals surface area contributed by atoms with E-state index < -0.39 is 11.7 Å². The Bertz CT molecular complexity index is 193. The van der Waals surface area contributed by atoms with Gasteiger partial charge in [-0.15, -0.1) is 0 Å². The Labute approximate surface area is 105 Å². The highest BCUT2D eigenvalue weighted by Gasteiger charge is 2.21. The van der Waals surface area contributed by atoms with Gasteiger partial charge in [0.25, 0.3) is 0 Å². The van der Waals surface area contributed by atoms with E-state index in [0.717, 1.165) is 6.42 Å². The lowest BCUT2D eigenvalue weighted by atomic mass is 9.94. The van der Waals surface area contributed by atoms with Crippen LogP contribution in [-0.4, -0.2) is 47.7 Å². The molecular formula is C13H29NO3. The molecule has 0 amide bonds. The minimum atomic E-state index is -0.715. The molecule has 0 spiro atoms. The van der Waals surface area contributed by atoms with Crippen LogP contribution >= 0.6 is 0 Å². The molecule has 0 saturated heterocycles. The van der Waals surface area contributed by atoms with Crippen LogP contribution in [0.1, 0.15) is 41.0 Å². The van der Waals surface area contributed by atoms with Crippen molar-refractivity contribution in [2.75, 3.05) is 19.7 Å². The number of aliphatic hydroxyl groups excluding tert-OH is 1. The van der Waals surface area contributed by atoms with Crippen molar-refractivity contribution in [3.05, 3.63) is 0 Å². The molecule has 0 aliphatic carbocycles. The molecule has 2 atom stereocenters. The Balaban J connectivity index is 3.67. The van der Waals surface area contributed by atoms with E-state index in [2.05, 4.69) is 19.2 Å². The highest BCUT2D eigenvalue weighted by Crippen LogP contribution is 2.14. The second-order valence-corrected chi connectivity index (χ2v) is 5.76. The summed E-state index contributed by atoms with van der Waals surface area (Å²) >= 11 is 0. The van der Waals surface area contributed by atoms with Crippen molar-refractivity contribution in [1.29, 1.82) is 0 Å². The van der Waals surface area contributed by atoms with Crippen molar-refractivity contribution < 1.29 is 14.9 Å². The van der Waals surface area contributed by atoms with Gasteiger partial charge in [0, 0.05) is 13.1 Å². The van der Waals surface area contributed by atoms with E-state index in [0.29, 0.717) is 25.6 Å². The Morgan fingerprint density at radius 1 is 1.24 bits per heavy atom. The van der Waals surface area contributed by atoms with E-state index in [9.17, 15) is 10.2 Å². The summed E-state index contributed by atoms with van der Waals surface area (Å²) < 4.78 is 5.30. The molecule has 2 unspecified atom stereocenters. The second kappa shape index (κ2) is 8.03. The topological polar surface area (TPSA) is 61.7 Å². The quantitative estimate of drug-likeness (QED) is 0.572. The van der Waals surface area contributed by atoms with Crippen LogP contribution in [0.2, 0.25) is 0 Å². The van der Waals surface area contributed by atoms with Crippen LogP contribution in [0, 0.1) is 5.92 Å². The van der Waals surface area contributed by atoms with Gasteiger partial charge >= 0.3 is 0 Å². The minimum Gasteiger partial charge on any atom is -0.389 e. The highest BCUT2D eigenvalue weighted by molar-refractivity contribution is 4.77. The minimum absolute atomic E-state index is 0.133. The zero-order valence-corrected chi connectivity index (χ0v) is 11.9. The average molecular weight is 247 g/mol. The summed E-state index contributed by atoms with van der Waals surface area (Å²) in [5.74, 6) is 0.459. The molecule has 17 heavy (non-hydrogen) atoms. The van der Waals surface area contributed by atoms with Crippen LogP contribution < -0.4 is 5.32 Å². The lowest BCUT2D eigenvalue weighted by molar-refractivity contribution is -0.0000784. The molecule has 0 aromatic heterocycles. The molecule has 104 valence electrons. The van der Waals surface area contributed by atoms with E-state index >= 15 is 0 Å². The molecule has 0 heterocycles. The first-order chi connectivity index (χ1) is 7.73. The zero-order valence-electron chi connectivity index (χ0n) is 11.9. The van der Waals surface area contributed by atoms with Gasteiger partial charge < -0.3 is 20.3 Å². The molecule has 4 heteroatoms. The third kappa shape index (κ3) is 10.7. The van der Waals surface area contributed by atoms with Gasteiger partial charge in [0.15, 0.2) is 0 Å². The van der Waals surface area contributed by atoms with Crippen LogP contribution in [0.4, 0.5) is 0 Å². The van der Waals surface area contributed by atoms with Crippen molar-refractivity contribution in [3.8, 4) is 0 Å². The number of rotatable bonds is 9. The molecular weight excluding hydrogens is 218 g/mol. The van der Waals surface area contributed by atoms with E-state index in [4.69, 9.17) is 4.74 Å². The largest absolute Gasteiger partial charge is 0.389 e. The summed E-state index contributed by atoms with van der Waals surface area (Å²) in [6.07, 6.45) is 0.361. The number of hydrogen-bond acceptors (Lipinski definition) is 4. The zero-order chi connectivity index (χ0) is 13.5. The first-order valence-electron chi connectivity index (χ1n) is 6.45. The molecule has 0 bridgehead atoms. The van der Waals surface area contributed by atoms with Gasteiger partial charge in [-0.05, 0) is 33.1 Å². The van der Waals surface area contributed by atoms with Crippen LogP contribution in [-0.2, 0) is 4.74 Å². The van der Waals surface area contributed by atoms with Gasteiger partial charge in [-0.1, -0.05) is 13.8 Å². The van der Waals surface area contributed by atoms with Gasteiger partial charge in [-0.2, -0.15) is 0 Å². The normalized spacial score (nSPS) is 17.5. The SMILES string of the molecule is CC(C)CC(C)(O)CNCC(O)COC(C)C. The monoisotopic (exact) mass is 247 g/mol. The fraction of sp³-hybridized carbons (Fsp3) is 1.00. The van der Waals surface area contributed by atoms with Crippen LogP contribution in [0.25, 0.3) is 0 Å². The second-order valence-electron chi connectivity index (χ2n) is 5.76. The predicted molar refractivity (Wildman–Crippen MR) is 70.0 cm³/mol. The van der Waals surface area contributed by atoms with Crippen LogP contribution in [0.3, 0.4) is 0 Å². The lowest BCUT2D eigenvalue weighted by Crippen LogP contribution is -2.42. The summed E-state index contributed by atoms with van der Waals surface area (Å²) in [6.45, 7) is 11.1. The molecule has 3 N–H and O–H groups in total. The highest BCUT2D eigenvalue weighted by atomic mass is 16.5. The van der Waals surface area contributed by atoms with Crippen molar-refractivity contribution in [2.24, 2.45) is 5.92 Å². The molecule has 0 saturated carbocycles. The van der Waals surface area contributed by atoms with Gasteiger partial charge in [-0.25, -0.2) is 0 Å². The number of ether oxygens (including phenoxy) is 1. The van der Waals surface area contributed by atoms with Crippen molar-refractivity contribution in [1.82, 2.24) is 5.32 Å². The van der Waals surface area contributed by atoms with Gasteiger partial charge in [-0.3, -0.25) is 0 Å². The third-order valence-corrected chi connectivity index (χ3v) is 2.36. The predicted octanol–water partition coefficient (Wildman–Crippen LogP) is 1.16. The van der Waals surface area contributed by atoms with E-state index in [1.807, 2.05) is 20.8 Å². The van der Waals surface area contributed by atoms with Crippen molar-refractivity contribution in [2.45, 2.75) is 58.8 Å². The Kier molecular flexibility index (Phi) is 7.96. The van der Waals surface area contributed by atoms with Crippen LogP contribution in [0.5, 0.6) is 0 Å². The van der Waals surface area contributed by atoms with Gasteiger partial charge in [0.2, 0.25) is 0 Å². The Morgan fingerprint density at radius 3 is 2.29 bits per heavy atom. The maximum Gasteiger partial charge on any atom is 0.0897 e. The van der Waals surface area contributed by atoms with E-state index in [-0.39, 0.29) is 6.10 Å². The summed E-state index contributed by atoms with van der Waals surface area (Å²) in [4.78, 5) is 0. The maximum absolute atomic E-state index is 10.0. The summed E-state index contributed by atoms with van der Waals surface area (Å²) in [5.41, 5.74) is -0.715. The first-order valence-corrected chi connectivity index (χ1v) is 6.45. The fourth-order valence-electron chi connectivity index (χ4n) is 1.82. The Morgan fingerprint density at radius 2 is 1.82 bits per heavy atom. The summed E-state index contributed by atoms with van der Waals surface area (Å²) in [5, 5.41) is 22.7. The molecule has 0 fully saturated rings. The lowest BCUT2D eigenvalue weighted by Gasteiger charge is -2.26.